The number of thioether (sulfide) groups is 1. The number of hydrogen-bond acceptors (Lipinski definition) is 5. The van der Waals surface area contributed by atoms with E-state index in [1.165, 1.54) is 12.1 Å². The second-order valence-corrected chi connectivity index (χ2v) is 5.42. The monoisotopic (exact) mass is 313 g/mol. The fourth-order valence-corrected chi connectivity index (χ4v) is 2.61. The minimum absolute atomic E-state index is 0.00746. The number of carboxylic acids is 1. The van der Waals surface area contributed by atoms with Crippen LogP contribution in [0.1, 0.15) is 5.56 Å². The zero-order valence-corrected chi connectivity index (χ0v) is 12.1. The van der Waals surface area contributed by atoms with Gasteiger partial charge in [-0.15, -0.1) is 0 Å². The Hall–Kier alpha value is -2.73. The molecule has 0 bridgehead atoms. The van der Waals surface area contributed by atoms with Crippen molar-refractivity contribution in [3.05, 3.63) is 59.0 Å². The number of nitrogens with zero attached hydrogens (tertiary/aromatic N) is 1. The molecule has 22 heavy (non-hydrogen) atoms. The number of oxazole rings is 1. The van der Waals surface area contributed by atoms with Crippen LogP contribution in [-0.2, 0) is 4.79 Å². The molecule has 3 rings (SSSR count). The summed E-state index contributed by atoms with van der Waals surface area (Å²) in [5, 5.41) is 19.3. The SMILES string of the molecule is O=C(O)/C(=C\c1ccccc1O)Sc1nc2ccccc2o1. The lowest BCUT2D eigenvalue weighted by Gasteiger charge is -2.01. The molecule has 6 heteroatoms. The van der Waals surface area contributed by atoms with Crippen molar-refractivity contribution in [3.63, 3.8) is 0 Å². The third-order valence-corrected chi connectivity index (χ3v) is 3.77. The van der Waals surface area contributed by atoms with E-state index in [9.17, 15) is 15.0 Å². The number of carboxylic acid groups (broad SMARTS) is 1. The number of phenols is 1. The zero-order chi connectivity index (χ0) is 15.5. The van der Waals surface area contributed by atoms with Gasteiger partial charge in [0, 0.05) is 5.56 Å². The van der Waals surface area contributed by atoms with Gasteiger partial charge in [0.15, 0.2) is 5.58 Å². The van der Waals surface area contributed by atoms with Crippen LogP contribution in [0.15, 0.2) is 63.1 Å². The molecule has 0 spiro atoms. The summed E-state index contributed by atoms with van der Waals surface area (Å²) in [6.07, 6.45) is 1.39. The molecule has 0 atom stereocenters. The molecule has 0 aliphatic heterocycles. The van der Waals surface area contributed by atoms with Crippen molar-refractivity contribution in [2.24, 2.45) is 0 Å². The summed E-state index contributed by atoms with van der Waals surface area (Å²) in [5.41, 5.74) is 1.68. The second kappa shape index (κ2) is 5.95. The third-order valence-electron chi connectivity index (χ3n) is 2.91. The Balaban J connectivity index is 1.95. The minimum atomic E-state index is -1.12. The average Bonchev–Trinajstić information content (AvgIpc) is 2.91. The Morgan fingerprint density at radius 3 is 2.59 bits per heavy atom. The Bertz CT molecular complexity index is 836. The van der Waals surface area contributed by atoms with E-state index < -0.39 is 5.97 Å². The van der Waals surface area contributed by atoms with Gasteiger partial charge in [-0.05, 0) is 36.0 Å². The predicted octanol–water partition coefficient (Wildman–Crippen LogP) is 3.75. The summed E-state index contributed by atoms with van der Waals surface area (Å²) < 4.78 is 5.50. The van der Waals surface area contributed by atoms with E-state index in [-0.39, 0.29) is 15.9 Å². The number of benzene rings is 2. The van der Waals surface area contributed by atoms with Crippen molar-refractivity contribution in [3.8, 4) is 5.75 Å². The van der Waals surface area contributed by atoms with Crippen molar-refractivity contribution in [2.45, 2.75) is 5.22 Å². The Morgan fingerprint density at radius 2 is 1.86 bits per heavy atom. The molecule has 0 saturated heterocycles. The molecular formula is C16H11NO4S. The van der Waals surface area contributed by atoms with Crippen LogP contribution in [0.4, 0.5) is 0 Å². The van der Waals surface area contributed by atoms with E-state index in [1.807, 2.05) is 12.1 Å². The van der Waals surface area contributed by atoms with Gasteiger partial charge in [0.1, 0.15) is 16.2 Å². The number of carbonyl (C=O) groups is 1. The summed E-state index contributed by atoms with van der Waals surface area (Å²) in [6.45, 7) is 0. The number of hydrogen-bond donors (Lipinski definition) is 2. The quantitative estimate of drug-likeness (QED) is 0.564. The van der Waals surface area contributed by atoms with Crippen molar-refractivity contribution in [1.82, 2.24) is 4.98 Å². The third kappa shape index (κ3) is 2.96. The topological polar surface area (TPSA) is 83.6 Å². The van der Waals surface area contributed by atoms with Crippen LogP contribution in [0.5, 0.6) is 5.75 Å². The maximum atomic E-state index is 11.4. The number of phenolic OH excluding ortho intramolecular Hbond substituents is 1. The molecule has 2 N–H and O–H groups in total. The molecule has 0 amide bonds. The summed E-state index contributed by atoms with van der Waals surface area (Å²) >= 11 is 0.899. The number of aromatic nitrogens is 1. The molecule has 0 radical (unpaired) electrons. The first-order valence-corrected chi connectivity index (χ1v) is 7.21. The molecule has 1 aromatic heterocycles. The van der Waals surface area contributed by atoms with Crippen LogP contribution in [0, 0.1) is 0 Å². The van der Waals surface area contributed by atoms with Gasteiger partial charge < -0.3 is 14.6 Å². The molecule has 5 nitrogen and oxygen atoms in total. The van der Waals surface area contributed by atoms with Crippen LogP contribution < -0.4 is 0 Å². The Labute approximate surface area is 129 Å². The summed E-state index contributed by atoms with van der Waals surface area (Å²) in [5.74, 6) is -1.10. The average molecular weight is 313 g/mol. The number of fused-ring (bicyclic) bond motifs is 1. The number of aromatic hydroxyl groups is 1. The van der Waals surface area contributed by atoms with Crippen LogP contribution in [0.3, 0.4) is 0 Å². The Kier molecular flexibility index (Phi) is 3.84. The smallest absolute Gasteiger partial charge is 0.342 e. The van der Waals surface area contributed by atoms with Gasteiger partial charge in [0.05, 0.1) is 0 Å². The Morgan fingerprint density at radius 1 is 1.14 bits per heavy atom. The van der Waals surface area contributed by atoms with Crippen molar-refractivity contribution >= 4 is 34.9 Å². The minimum Gasteiger partial charge on any atom is -0.507 e. The fourth-order valence-electron chi connectivity index (χ4n) is 1.87. The van der Waals surface area contributed by atoms with Crippen LogP contribution in [-0.4, -0.2) is 21.2 Å². The van der Waals surface area contributed by atoms with E-state index in [1.54, 1.807) is 30.3 Å². The molecule has 1 heterocycles. The molecule has 0 saturated carbocycles. The van der Waals surface area contributed by atoms with E-state index in [0.29, 0.717) is 16.7 Å². The van der Waals surface area contributed by atoms with E-state index in [0.717, 1.165) is 11.8 Å². The van der Waals surface area contributed by atoms with Gasteiger partial charge >= 0.3 is 5.97 Å². The summed E-state index contributed by atoms with van der Waals surface area (Å²) in [4.78, 5) is 15.6. The van der Waals surface area contributed by atoms with Gasteiger partial charge in [0.25, 0.3) is 5.22 Å². The summed E-state index contributed by atoms with van der Waals surface area (Å²) in [6, 6.07) is 13.7. The fraction of sp³-hybridized carbons (Fsp3) is 0. The molecule has 0 unspecified atom stereocenters. The molecular weight excluding hydrogens is 302 g/mol. The van der Waals surface area contributed by atoms with Crippen LogP contribution >= 0.6 is 11.8 Å². The maximum Gasteiger partial charge on any atom is 0.342 e. The highest BCUT2D eigenvalue weighted by Gasteiger charge is 2.15. The van der Waals surface area contributed by atoms with Gasteiger partial charge in [-0.3, -0.25) is 0 Å². The van der Waals surface area contributed by atoms with Crippen LogP contribution in [0.25, 0.3) is 17.2 Å². The summed E-state index contributed by atoms with van der Waals surface area (Å²) in [7, 11) is 0. The maximum absolute atomic E-state index is 11.4. The number of rotatable bonds is 4. The van der Waals surface area contributed by atoms with Crippen molar-refractivity contribution in [2.75, 3.05) is 0 Å². The molecule has 0 aliphatic carbocycles. The highest BCUT2D eigenvalue weighted by atomic mass is 32.2. The normalized spacial score (nSPS) is 11.7. The van der Waals surface area contributed by atoms with Gasteiger partial charge in [0.2, 0.25) is 0 Å². The van der Waals surface area contributed by atoms with E-state index in [2.05, 4.69) is 4.98 Å². The molecule has 3 aromatic rings. The highest BCUT2D eigenvalue weighted by Crippen LogP contribution is 2.31. The molecule has 110 valence electrons. The molecule has 2 aromatic carbocycles. The molecule has 0 fully saturated rings. The standard InChI is InChI=1S/C16H11NO4S/c18-12-7-3-1-5-10(12)9-14(15(19)20)22-16-17-11-6-2-4-8-13(11)21-16/h1-9,18H,(H,19,20)/b14-9+. The lowest BCUT2D eigenvalue weighted by atomic mass is 10.2. The highest BCUT2D eigenvalue weighted by molar-refractivity contribution is 8.03. The first kappa shape index (κ1) is 14.2. The molecule has 0 aliphatic rings. The van der Waals surface area contributed by atoms with Gasteiger partial charge in [-0.2, -0.15) is 0 Å². The van der Waals surface area contributed by atoms with Gasteiger partial charge in [-0.1, -0.05) is 30.3 Å². The second-order valence-electron chi connectivity index (χ2n) is 4.42. The first-order chi connectivity index (χ1) is 10.6. The zero-order valence-electron chi connectivity index (χ0n) is 11.3. The van der Waals surface area contributed by atoms with Gasteiger partial charge in [-0.25, -0.2) is 9.78 Å². The van der Waals surface area contributed by atoms with Crippen molar-refractivity contribution in [1.29, 1.82) is 0 Å². The largest absolute Gasteiger partial charge is 0.507 e. The number of para-hydroxylation sites is 3. The lowest BCUT2D eigenvalue weighted by Crippen LogP contribution is -1.96. The van der Waals surface area contributed by atoms with Crippen LogP contribution in [0.2, 0.25) is 0 Å². The van der Waals surface area contributed by atoms with E-state index >= 15 is 0 Å². The van der Waals surface area contributed by atoms with Crippen molar-refractivity contribution < 1.29 is 19.4 Å². The lowest BCUT2D eigenvalue weighted by molar-refractivity contribution is -0.131. The van der Waals surface area contributed by atoms with E-state index in [4.69, 9.17) is 4.42 Å². The predicted molar refractivity (Wildman–Crippen MR) is 83.6 cm³/mol. The first-order valence-electron chi connectivity index (χ1n) is 6.40. The number of aliphatic carboxylic acids is 1.